The Hall–Kier alpha value is -2.64. The number of nitrogens with one attached hydrogen (secondary N) is 1. The van der Waals surface area contributed by atoms with E-state index in [1.165, 1.54) is 18.3 Å². The first-order valence-corrected chi connectivity index (χ1v) is 9.75. The number of ether oxygens (including phenoxy) is 1. The number of benzene rings is 2. The molecule has 2 atom stereocenters. The fourth-order valence-corrected chi connectivity index (χ4v) is 4.48. The number of phenolic OH excluding ortho intramolecular Hbond substituents is 1. The summed E-state index contributed by atoms with van der Waals surface area (Å²) in [4.78, 5) is 6.43. The Bertz CT molecular complexity index is 1120. The Kier molecular flexibility index (Phi) is 4.26. The van der Waals surface area contributed by atoms with Gasteiger partial charge < -0.3 is 20.1 Å². The van der Waals surface area contributed by atoms with E-state index >= 15 is 4.39 Å². The molecule has 3 heterocycles. The largest absolute Gasteiger partial charge is 0.507 e. The maximum Gasteiger partial charge on any atom is 0.161 e. The van der Waals surface area contributed by atoms with Crippen LogP contribution < -0.4 is 15.0 Å². The second-order valence-corrected chi connectivity index (χ2v) is 7.88. The summed E-state index contributed by atoms with van der Waals surface area (Å²) in [6.07, 6.45) is 1.49. The van der Waals surface area contributed by atoms with Crippen LogP contribution in [-0.4, -0.2) is 41.9 Å². The first kappa shape index (κ1) is 18.4. The van der Waals surface area contributed by atoms with Gasteiger partial charge in [0.15, 0.2) is 11.6 Å². The zero-order chi connectivity index (χ0) is 20.3. The molecule has 1 aromatic heterocycles. The Labute approximate surface area is 170 Å². The molecule has 0 aliphatic carbocycles. The molecule has 2 aromatic carbocycles. The van der Waals surface area contributed by atoms with Gasteiger partial charge in [-0.3, -0.25) is 0 Å². The second kappa shape index (κ2) is 6.71. The lowest BCUT2D eigenvalue weighted by molar-refractivity contribution is 0.236. The topological polar surface area (TPSA) is 57.6 Å². The first-order valence-electron chi connectivity index (χ1n) is 9.37. The quantitative estimate of drug-likeness (QED) is 0.624. The molecule has 5 rings (SSSR count). The third-order valence-electron chi connectivity index (χ3n) is 5.57. The summed E-state index contributed by atoms with van der Waals surface area (Å²) in [7, 11) is 0. The van der Waals surface area contributed by atoms with Gasteiger partial charge in [0.05, 0.1) is 28.5 Å². The van der Waals surface area contributed by atoms with Crippen LogP contribution >= 0.6 is 11.6 Å². The molecule has 1 saturated heterocycles. The van der Waals surface area contributed by atoms with E-state index < -0.39 is 11.6 Å². The van der Waals surface area contributed by atoms with Crippen molar-refractivity contribution in [2.75, 3.05) is 24.6 Å². The molecule has 8 heteroatoms. The molecule has 3 aromatic rings. The fraction of sp³-hybridized carbons (Fsp3) is 0.286. The van der Waals surface area contributed by atoms with E-state index in [1.54, 1.807) is 6.07 Å². The number of hydrogen-bond donors (Lipinski definition) is 2. The molecule has 2 aliphatic rings. The van der Waals surface area contributed by atoms with Crippen LogP contribution in [-0.2, 0) is 0 Å². The van der Waals surface area contributed by atoms with Crippen LogP contribution in [0.4, 0.5) is 14.5 Å². The molecule has 0 bridgehead atoms. The van der Waals surface area contributed by atoms with Gasteiger partial charge in [-0.15, -0.1) is 0 Å². The molecular formula is C21H18ClF2N3O2. The van der Waals surface area contributed by atoms with Crippen molar-refractivity contribution < 1.29 is 18.6 Å². The summed E-state index contributed by atoms with van der Waals surface area (Å²) in [5.74, 6) is -1.36. The van der Waals surface area contributed by atoms with Crippen molar-refractivity contribution in [3.63, 3.8) is 0 Å². The van der Waals surface area contributed by atoms with Gasteiger partial charge in [0, 0.05) is 30.1 Å². The van der Waals surface area contributed by atoms with Crippen molar-refractivity contribution in [2.24, 2.45) is 0 Å². The van der Waals surface area contributed by atoms with Crippen molar-refractivity contribution in [1.29, 1.82) is 0 Å². The lowest BCUT2D eigenvalue weighted by Gasteiger charge is -2.44. The summed E-state index contributed by atoms with van der Waals surface area (Å²) in [5.41, 5.74) is 0.316. The highest BCUT2D eigenvalue weighted by Crippen LogP contribution is 2.46. The number of fused-ring (bicyclic) bond motifs is 5. The molecule has 0 unspecified atom stereocenters. The number of rotatable bonds is 1. The zero-order valence-corrected chi connectivity index (χ0v) is 16.3. The predicted octanol–water partition coefficient (Wildman–Crippen LogP) is 4.10. The molecule has 1 fully saturated rings. The van der Waals surface area contributed by atoms with E-state index in [9.17, 15) is 9.50 Å². The average Bonchev–Trinajstić information content (AvgIpc) is 2.69. The summed E-state index contributed by atoms with van der Waals surface area (Å²) in [6.45, 7) is 4.08. The molecule has 2 aliphatic heterocycles. The summed E-state index contributed by atoms with van der Waals surface area (Å²) >= 11 is 6.42. The maximum absolute atomic E-state index is 15.6. The van der Waals surface area contributed by atoms with Crippen LogP contribution in [0.2, 0.25) is 5.02 Å². The number of aromatic hydroxyl groups is 1. The van der Waals surface area contributed by atoms with Crippen LogP contribution in [0.3, 0.4) is 0 Å². The van der Waals surface area contributed by atoms with Gasteiger partial charge in [-0.1, -0.05) is 17.7 Å². The Morgan fingerprint density at radius 2 is 2.14 bits per heavy atom. The minimum Gasteiger partial charge on any atom is -0.507 e. The number of nitrogens with zero attached hydrogens (tertiary/aromatic N) is 2. The molecule has 0 saturated carbocycles. The number of halogens is 3. The average molecular weight is 418 g/mol. The van der Waals surface area contributed by atoms with E-state index in [4.69, 9.17) is 16.3 Å². The van der Waals surface area contributed by atoms with Gasteiger partial charge in [0.1, 0.15) is 23.7 Å². The highest BCUT2D eigenvalue weighted by atomic mass is 35.5. The minimum atomic E-state index is -0.777. The van der Waals surface area contributed by atoms with Crippen LogP contribution in [0.25, 0.3) is 22.0 Å². The number of pyridine rings is 1. The molecule has 2 N–H and O–H groups in total. The van der Waals surface area contributed by atoms with E-state index in [0.717, 1.165) is 24.8 Å². The lowest BCUT2D eigenvalue weighted by Crippen LogP contribution is -2.59. The zero-order valence-electron chi connectivity index (χ0n) is 15.5. The fourth-order valence-electron chi connectivity index (χ4n) is 4.19. The highest BCUT2D eigenvalue weighted by molar-refractivity contribution is 6.34. The Morgan fingerprint density at radius 1 is 1.31 bits per heavy atom. The Balaban J connectivity index is 1.77. The molecule has 150 valence electrons. The van der Waals surface area contributed by atoms with E-state index in [0.29, 0.717) is 17.7 Å². The van der Waals surface area contributed by atoms with Crippen LogP contribution in [0.15, 0.2) is 30.5 Å². The van der Waals surface area contributed by atoms with E-state index in [-0.39, 0.29) is 39.5 Å². The second-order valence-electron chi connectivity index (χ2n) is 7.48. The van der Waals surface area contributed by atoms with E-state index in [1.807, 2.05) is 0 Å². The smallest absolute Gasteiger partial charge is 0.161 e. The summed E-state index contributed by atoms with van der Waals surface area (Å²) in [6, 6.07) is 5.73. The summed E-state index contributed by atoms with van der Waals surface area (Å²) in [5, 5.41) is 14.0. The first-order chi connectivity index (χ1) is 14.0. The Morgan fingerprint density at radius 3 is 2.93 bits per heavy atom. The number of hydrogen-bond acceptors (Lipinski definition) is 5. The normalized spacial score (nSPS) is 20.9. The molecule has 5 nitrogen and oxygen atoms in total. The maximum atomic E-state index is 15.6. The van der Waals surface area contributed by atoms with Crippen molar-refractivity contribution in [2.45, 2.75) is 19.0 Å². The monoisotopic (exact) mass is 417 g/mol. The van der Waals surface area contributed by atoms with Gasteiger partial charge in [-0.25, -0.2) is 13.8 Å². The third kappa shape index (κ3) is 2.80. The SMILES string of the molecule is C[C@@H]1CN2c3c(cnc4c(F)c(-c5c(O)cccc5F)c(Cl)cc34)OC[C@H]2CN1. The van der Waals surface area contributed by atoms with Gasteiger partial charge in [-0.2, -0.15) is 0 Å². The molecular weight excluding hydrogens is 400 g/mol. The van der Waals surface area contributed by atoms with Gasteiger partial charge in [-0.05, 0) is 25.1 Å². The van der Waals surface area contributed by atoms with Crippen LogP contribution in [0.1, 0.15) is 6.92 Å². The summed E-state index contributed by atoms with van der Waals surface area (Å²) < 4.78 is 35.8. The van der Waals surface area contributed by atoms with Crippen molar-refractivity contribution in [3.8, 4) is 22.6 Å². The van der Waals surface area contributed by atoms with Crippen molar-refractivity contribution in [3.05, 3.63) is 47.1 Å². The number of aromatic nitrogens is 1. The highest BCUT2D eigenvalue weighted by Gasteiger charge is 2.35. The standard InChI is InChI=1S/C21H18ClF2N3O2/c1-10-8-27-11(6-25-10)9-29-16-7-26-20-12(21(16)27)5-13(22)17(19(20)24)18-14(23)3-2-4-15(18)28/h2-5,7,10-11,25,28H,6,8-9H2,1H3/t10-,11-/m1/s1. The van der Waals surface area contributed by atoms with Gasteiger partial charge in [0.25, 0.3) is 0 Å². The van der Waals surface area contributed by atoms with Crippen LogP contribution in [0.5, 0.6) is 11.5 Å². The number of anilines is 1. The molecule has 29 heavy (non-hydrogen) atoms. The van der Waals surface area contributed by atoms with E-state index in [2.05, 4.69) is 22.1 Å². The lowest BCUT2D eigenvalue weighted by atomic mass is 9.98. The molecule has 0 spiro atoms. The van der Waals surface area contributed by atoms with Gasteiger partial charge >= 0.3 is 0 Å². The van der Waals surface area contributed by atoms with Gasteiger partial charge in [0.2, 0.25) is 0 Å². The van der Waals surface area contributed by atoms with Crippen LogP contribution in [0, 0.1) is 11.6 Å². The molecule has 0 amide bonds. The number of piperazine rings is 1. The van der Waals surface area contributed by atoms with Crippen molar-refractivity contribution in [1.82, 2.24) is 10.3 Å². The predicted molar refractivity (Wildman–Crippen MR) is 108 cm³/mol. The minimum absolute atomic E-state index is 0.00379. The van der Waals surface area contributed by atoms with Crippen molar-refractivity contribution >= 4 is 28.2 Å². The number of phenols is 1. The third-order valence-corrected chi connectivity index (χ3v) is 5.86. The molecule has 0 radical (unpaired) electrons.